The lowest BCUT2D eigenvalue weighted by Gasteiger charge is -2.25. The van der Waals surface area contributed by atoms with E-state index in [-0.39, 0.29) is 16.6 Å². The van der Waals surface area contributed by atoms with Gasteiger partial charge in [0.05, 0.1) is 21.7 Å². The molecule has 4 N–H and O–H groups in total. The summed E-state index contributed by atoms with van der Waals surface area (Å²) in [7, 11) is 0. The van der Waals surface area contributed by atoms with Gasteiger partial charge in [0.15, 0.2) is 16.7 Å². The largest absolute Gasteiger partial charge is 0.339 e. The summed E-state index contributed by atoms with van der Waals surface area (Å²) in [6, 6.07) is 13.6. The van der Waals surface area contributed by atoms with Crippen molar-refractivity contribution in [1.82, 2.24) is 15.3 Å². The van der Waals surface area contributed by atoms with Crippen LogP contribution in [-0.2, 0) is 0 Å². The molecule has 0 saturated carbocycles. The van der Waals surface area contributed by atoms with Gasteiger partial charge in [0.25, 0.3) is 5.69 Å². The Balaban J connectivity index is 2.14. The maximum absolute atomic E-state index is 12.7. The zero-order valence-electron chi connectivity index (χ0n) is 15.2. The molecule has 0 aliphatic carbocycles. The second kappa shape index (κ2) is 7.08. The Kier molecular flexibility index (Phi) is 4.57. The van der Waals surface area contributed by atoms with E-state index in [9.17, 15) is 14.9 Å². The van der Waals surface area contributed by atoms with E-state index in [1.807, 2.05) is 30.3 Å². The smallest absolute Gasteiger partial charge is 0.270 e. The van der Waals surface area contributed by atoms with Crippen LogP contribution >= 0.6 is 12.2 Å². The minimum Gasteiger partial charge on any atom is -0.339 e. The fraction of sp³-hybridized carbons (Fsp3) is 0.105. The van der Waals surface area contributed by atoms with Crippen molar-refractivity contribution in [3.8, 4) is 11.3 Å². The lowest BCUT2D eigenvalue weighted by Crippen LogP contribution is -2.56. The van der Waals surface area contributed by atoms with Crippen molar-refractivity contribution >= 4 is 45.5 Å². The first-order chi connectivity index (χ1) is 13.9. The molecule has 9 nitrogen and oxygen atoms in total. The van der Waals surface area contributed by atoms with Gasteiger partial charge in [0.1, 0.15) is 6.17 Å². The molecular formula is C19H16N6O3S. The monoisotopic (exact) mass is 408 g/mol. The fourth-order valence-corrected chi connectivity index (χ4v) is 3.63. The molecule has 10 heteroatoms. The number of carbonyl (C=O) groups is 1. The number of carbonyl (C=O) groups excluding carboxylic acids is 1. The number of hydrogen-bond donors (Lipinski definition) is 3. The first kappa shape index (κ1) is 18.7. The Morgan fingerprint density at radius 2 is 2.00 bits per heavy atom. The predicted octanol–water partition coefficient (Wildman–Crippen LogP) is 2.34. The van der Waals surface area contributed by atoms with Gasteiger partial charge >= 0.3 is 0 Å². The fourth-order valence-electron chi connectivity index (χ4n) is 3.46. The van der Waals surface area contributed by atoms with Crippen LogP contribution < -0.4 is 16.5 Å². The van der Waals surface area contributed by atoms with Gasteiger partial charge in [-0.15, -0.1) is 0 Å². The number of aromatic nitrogens is 1. The summed E-state index contributed by atoms with van der Waals surface area (Å²) in [6.07, 6.45) is -0.739. The summed E-state index contributed by atoms with van der Waals surface area (Å²) in [6.45, 7) is 1.43. The van der Waals surface area contributed by atoms with E-state index in [1.165, 1.54) is 19.1 Å². The summed E-state index contributed by atoms with van der Waals surface area (Å²) in [4.78, 5) is 23.5. The Hall–Kier alpha value is -3.63. The molecule has 0 saturated heterocycles. The Morgan fingerprint density at radius 1 is 1.28 bits per heavy atom. The number of nitrogens with one attached hydrogen (secondary N) is 2. The number of non-ortho nitro benzene ring substituents is 1. The molecule has 4 rings (SSSR count). The van der Waals surface area contributed by atoms with Crippen LogP contribution in [0.25, 0.3) is 22.2 Å². The number of nitro benzene ring substituents is 1. The highest BCUT2D eigenvalue weighted by Gasteiger charge is 2.29. The SMILES string of the molecule is CC(=O)c1c(-c2ccccc2)n(C2=NNC(=S)NC2N)c2ccc([N+](=O)[O-])cc12. The molecule has 3 aromatic rings. The standard InChI is InChI=1S/C19H16N6O3S/c1-10(26)15-13-9-12(25(27)28)7-8-14(13)24(16(15)11-5-3-2-4-6-11)18-17(20)21-19(29)23-22-18/h2-9,17H,20H2,1H3,(H2,21,23,29). The third-order valence-electron chi connectivity index (χ3n) is 4.63. The van der Waals surface area contributed by atoms with E-state index in [0.717, 1.165) is 5.56 Å². The second-order valence-corrected chi connectivity index (χ2v) is 6.88. The lowest BCUT2D eigenvalue weighted by atomic mass is 10.0. The number of Topliss-reactive ketones (excluding diaryl/α,β-unsaturated/α-hetero) is 1. The van der Waals surface area contributed by atoms with Crippen LogP contribution in [0.5, 0.6) is 0 Å². The topological polar surface area (TPSA) is 128 Å². The molecule has 0 bridgehead atoms. The number of thiocarbonyl (C=S) groups is 1. The van der Waals surface area contributed by atoms with Gasteiger partial charge in [0, 0.05) is 17.5 Å². The van der Waals surface area contributed by atoms with E-state index in [4.69, 9.17) is 18.0 Å². The number of benzene rings is 2. The number of nitrogens with two attached hydrogens (primary N) is 1. The van der Waals surface area contributed by atoms with Crippen LogP contribution in [0.2, 0.25) is 0 Å². The van der Waals surface area contributed by atoms with Crippen LogP contribution in [-0.4, -0.2) is 32.4 Å². The lowest BCUT2D eigenvalue weighted by molar-refractivity contribution is -0.384. The van der Waals surface area contributed by atoms with Gasteiger partial charge in [-0.2, -0.15) is 5.10 Å². The van der Waals surface area contributed by atoms with E-state index in [2.05, 4.69) is 15.8 Å². The number of nitrogens with zero attached hydrogens (tertiary/aromatic N) is 3. The first-order valence-corrected chi connectivity index (χ1v) is 9.08. The molecule has 1 atom stereocenters. The summed E-state index contributed by atoms with van der Waals surface area (Å²) < 4.78 is 1.73. The van der Waals surface area contributed by atoms with Gasteiger partial charge in [-0.05, 0) is 30.8 Å². The Bertz CT molecular complexity index is 1200. The van der Waals surface area contributed by atoms with Crippen LogP contribution in [0.1, 0.15) is 17.3 Å². The van der Waals surface area contributed by atoms with Crippen LogP contribution in [0, 0.1) is 10.1 Å². The van der Waals surface area contributed by atoms with Crippen molar-refractivity contribution < 1.29 is 9.72 Å². The zero-order chi connectivity index (χ0) is 20.7. The maximum atomic E-state index is 12.7. The molecule has 0 fully saturated rings. The van der Waals surface area contributed by atoms with E-state index in [1.54, 1.807) is 10.6 Å². The number of hydrogen-bond acceptors (Lipinski definition) is 6. The van der Waals surface area contributed by atoms with Gasteiger partial charge in [-0.1, -0.05) is 30.3 Å². The van der Waals surface area contributed by atoms with Gasteiger partial charge in [0.2, 0.25) is 0 Å². The third kappa shape index (κ3) is 3.13. The third-order valence-corrected chi connectivity index (χ3v) is 4.84. The highest BCUT2D eigenvalue weighted by molar-refractivity contribution is 7.80. The molecule has 146 valence electrons. The highest BCUT2D eigenvalue weighted by Crippen LogP contribution is 2.36. The number of hydrazone groups is 1. The number of ketones is 1. The van der Waals surface area contributed by atoms with Crippen molar-refractivity contribution in [2.45, 2.75) is 13.1 Å². The number of nitro groups is 1. The van der Waals surface area contributed by atoms with Gasteiger partial charge < -0.3 is 11.1 Å². The molecule has 1 unspecified atom stereocenters. The minimum atomic E-state index is -0.739. The minimum absolute atomic E-state index is 0.107. The zero-order valence-corrected chi connectivity index (χ0v) is 16.1. The van der Waals surface area contributed by atoms with Gasteiger partial charge in [-0.3, -0.25) is 24.9 Å². The summed E-state index contributed by atoms with van der Waals surface area (Å²) in [5.41, 5.74) is 11.0. The molecule has 2 aromatic carbocycles. The van der Waals surface area contributed by atoms with E-state index in [0.29, 0.717) is 28.0 Å². The molecule has 0 radical (unpaired) electrons. The first-order valence-electron chi connectivity index (χ1n) is 8.67. The second-order valence-electron chi connectivity index (χ2n) is 6.47. The maximum Gasteiger partial charge on any atom is 0.270 e. The Morgan fingerprint density at radius 3 is 2.62 bits per heavy atom. The van der Waals surface area contributed by atoms with Crippen molar-refractivity contribution in [3.63, 3.8) is 0 Å². The molecular weight excluding hydrogens is 392 g/mol. The molecule has 0 spiro atoms. The number of fused-ring (bicyclic) bond motifs is 1. The molecule has 29 heavy (non-hydrogen) atoms. The van der Waals surface area contributed by atoms with Crippen molar-refractivity contribution in [3.05, 3.63) is 64.2 Å². The highest BCUT2D eigenvalue weighted by atomic mass is 32.1. The van der Waals surface area contributed by atoms with Crippen molar-refractivity contribution in [2.75, 3.05) is 0 Å². The quantitative estimate of drug-likeness (QED) is 0.263. The molecule has 1 aromatic heterocycles. The average Bonchev–Trinajstić information content (AvgIpc) is 3.03. The molecule has 1 aliphatic rings. The average molecular weight is 408 g/mol. The molecule has 0 amide bonds. The van der Waals surface area contributed by atoms with E-state index < -0.39 is 11.1 Å². The summed E-state index contributed by atoms with van der Waals surface area (Å²) in [5, 5.41) is 19.2. The van der Waals surface area contributed by atoms with Crippen molar-refractivity contribution in [2.24, 2.45) is 10.8 Å². The normalized spacial score (nSPS) is 16.1. The van der Waals surface area contributed by atoms with Crippen LogP contribution in [0.15, 0.2) is 53.6 Å². The van der Waals surface area contributed by atoms with Crippen molar-refractivity contribution in [1.29, 1.82) is 0 Å². The van der Waals surface area contributed by atoms with E-state index >= 15 is 0 Å². The Labute approximate surface area is 170 Å². The van der Waals surface area contributed by atoms with Gasteiger partial charge in [-0.25, -0.2) is 0 Å². The van der Waals surface area contributed by atoms with Crippen LogP contribution in [0.4, 0.5) is 5.69 Å². The molecule has 1 aliphatic heterocycles. The number of rotatable bonds is 3. The predicted molar refractivity (Wildman–Crippen MR) is 114 cm³/mol. The van der Waals surface area contributed by atoms with Crippen LogP contribution in [0.3, 0.4) is 0 Å². The molecule has 2 heterocycles. The summed E-state index contributed by atoms with van der Waals surface area (Å²) >= 11 is 5.05. The summed E-state index contributed by atoms with van der Waals surface area (Å²) in [5.74, 6) is 0.151.